The van der Waals surface area contributed by atoms with Crippen molar-refractivity contribution in [2.75, 3.05) is 38.6 Å². The first-order valence-corrected chi connectivity index (χ1v) is 6.33. The van der Waals surface area contributed by atoms with Gasteiger partial charge in [0.25, 0.3) is 0 Å². The summed E-state index contributed by atoms with van der Waals surface area (Å²) in [6.45, 7) is 5.41. The van der Waals surface area contributed by atoms with Crippen molar-refractivity contribution < 1.29 is 0 Å². The molecule has 5 heteroatoms. The molecule has 4 nitrogen and oxygen atoms in total. The fourth-order valence-corrected chi connectivity index (χ4v) is 2.58. The smallest absolute Gasteiger partial charge is 0.224 e. The van der Waals surface area contributed by atoms with Crippen LogP contribution in [0, 0.1) is 12.8 Å². The molecule has 1 unspecified atom stereocenters. The van der Waals surface area contributed by atoms with Crippen molar-refractivity contribution in [3.63, 3.8) is 0 Å². The minimum Gasteiger partial charge on any atom is -0.359 e. The van der Waals surface area contributed by atoms with E-state index >= 15 is 0 Å². The molecule has 0 N–H and O–H groups in total. The Labute approximate surface area is 108 Å². The van der Waals surface area contributed by atoms with E-state index in [1.165, 1.54) is 19.5 Å². The number of nitrogens with zero attached hydrogens (tertiary/aromatic N) is 4. The van der Waals surface area contributed by atoms with Gasteiger partial charge < -0.3 is 9.80 Å². The molecule has 0 aromatic carbocycles. The number of aryl methyl sites for hydroxylation is 1. The fraction of sp³-hybridized carbons (Fsp3) is 0.667. The van der Waals surface area contributed by atoms with Crippen LogP contribution >= 0.6 is 11.6 Å². The predicted octanol–water partition coefficient (Wildman–Crippen LogP) is 1.83. The molecule has 1 aromatic rings. The third kappa shape index (κ3) is 3.07. The van der Waals surface area contributed by atoms with Crippen molar-refractivity contribution in [3.05, 3.63) is 17.0 Å². The van der Waals surface area contributed by atoms with Gasteiger partial charge in [-0.1, -0.05) is 0 Å². The summed E-state index contributed by atoms with van der Waals surface area (Å²) in [6.07, 6.45) is 3.04. The van der Waals surface area contributed by atoms with Gasteiger partial charge in [0.2, 0.25) is 5.28 Å². The van der Waals surface area contributed by atoms with Gasteiger partial charge in [0.05, 0.1) is 0 Å². The Morgan fingerprint density at radius 3 is 3.00 bits per heavy atom. The van der Waals surface area contributed by atoms with Crippen molar-refractivity contribution in [2.45, 2.75) is 13.3 Å². The van der Waals surface area contributed by atoms with Crippen LogP contribution in [0.3, 0.4) is 0 Å². The molecule has 1 aromatic heterocycles. The van der Waals surface area contributed by atoms with E-state index in [4.69, 9.17) is 11.6 Å². The highest BCUT2D eigenvalue weighted by atomic mass is 35.5. The third-order valence-electron chi connectivity index (χ3n) is 3.30. The highest BCUT2D eigenvalue weighted by Gasteiger charge is 2.21. The molecule has 1 atom stereocenters. The summed E-state index contributed by atoms with van der Waals surface area (Å²) >= 11 is 5.84. The topological polar surface area (TPSA) is 32.3 Å². The van der Waals surface area contributed by atoms with Crippen molar-refractivity contribution in [2.24, 2.45) is 5.92 Å². The van der Waals surface area contributed by atoms with Crippen molar-refractivity contribution in [1.29, 1.82) is 0 Å². The van der Waals surface area contributed by atoms with Crippen LogP contribution in [0.4, 0.5) is 5.82 Å². The fourth-order valence-electron chi connectivity index (χ4n) is 2.45. The summed E-state index contributed by atoms with van der Waals surface area (Å²) in [7, 11) is 4.25. The summed E-state index contributed by atoms with van der Waals surface area (Å²) in [4.78, 5) is 12.8. The van der Waals surface area contributed by atoms with Gasteiger partial charge in [-0.15, -0.1) is 0 Å². The molecule has 0 saturated carbocycles. The zero-order chi connectivity index (χ0) is 12.4. The predicted molar refractivity (Wildman–Crippen MR) is 70.7 cm³/mol. The van der Waals surface area contributed by atoms with Crippen LogP contribution in [0.1, 0.15) is 12.0 Å². The Balaban J connectivity index is 2.04. The number of likely N-dealkylation sites (tertiary alicyclic amines) is 1. The van der Waals surface area contributed by atoms with Gasteiger partial charge in [0, 0.05) is 31.9 Å². The summed E-state index contributed by atoms with van der Waals surface area (Å²) < 4.78 is 0. The minimum atomic E-state index is 0.320. The molecular weight excluding hydrogens is 236 g/mol. The molecule has 1 aliphatic rings. The molecule has 0 amide bonds. The number of aromatic nitrogens is 2. The van der Waals surface area contributed by atoms with Crippen LogP contribution in [0.15, 0.2) is 6.20 Å². The normalized spacial score (nSPS) is 20.8. The second kappa shape index (κ2) is 5.19. The van der Waals surface area contributed by atoms with E-state index in [1.807, 2.05) is 6.92 Å². The maximum absolute atomic E-state index is 5.84. The van der Waals surface area contributed by atoms with Crippen LogP contribution < -0.4 is 4.90 Å². The number of hydrogen-bond donors (Lipinski definition) is 0. The quantitative estimate of drug-likeness (QED) is 0.771. The first kappa shape index (κ1) is 12.6. The lowest BCUT2D eigenvalue weighted by Crippen LogP contribution is -2.28. The Morgan fingerprint density at radius 1 is 1.59 bits per heavy atom. The van der Waals surface area contributed by atoms with Crippen molar-refractivity contribution >= 4 is 17.4 Å². The number of rotatable bonds is 3. The van der Waals surface area contributed by atoms with E-state index in [9.17, 15) is 0 Å². The molecule has 0 radical (unpaired) electrons. The molecule has 1 fully saturated rings. The zero-order valence-corrected chi connectivity index (χ0v) is 11.4. The largest absolute Gasteiger partial charge is 0.359 e. The molecule has 1 aliphatic heterocycles. The Bertz CT molecular complexity index is 396. The average molecular weight is 255 g/mol. The second-order valence-corrected chi connectivity index (χ2v) is 5.28. The van der Waals surface area contributed by atoms with Crippen molar-refractivity contribution in [3.8, 4) is 0 Å². The molecular formula is C12H19ClN4. The summed E-state index contributed by atoms with van der Waals surface area (Å²) in [5, 5.41) is 0.320. The van der Waals surface area contributed by atoms with E-state index in [0.29, 0.717) is 5.28 Å². The molecule has 2 heterocycles. The first-order valence-electron chi connectivity index (χ1n) is 5.95. The molecule has 0 aliphatic carbocycles. The maximum atomic E-state index is 5.84. The van der Waals surface area contributed by atoms with Crippen LogP contribution in [-0.4, -0.2) is 48.6 Å². The number of hydrogen-bond acceptors (Lipinski definition) is 4. The van der Waals surface area contributed by atoms with E-state index in [1.54, 1.807) is 6.20 Å². The third-order valence-corrected chi connectivity index (χ3v) is 3.48. The van der Waals surface area contributed by atoms with Gasteiger partial charge in [0.1, 0.15) is 5.82 Å². The van der Waals surface area contributed by atoms with Gasteiger partial charge in [-0.3, -0.25) is 0 Å². The highest BCUT2D eigenvalue weighted by Crippen LogP contribution is 2.21. The SMILES string of the molecule is Cc1cnc(Cl)nc1N(C)CC1CCN(C)C1. The van der Waals surface area contributed by atoms with E-state index in [2.05, 4.69) is 33.9 Å². The summed E-state index contributed by atoms with van der Waals surface area (Å²) in [6, 6.07) is 0. The molecule has 2 rings (SSSR count). The number of halogens is 1. The van der Waals surface area contributed by atoms with E-state index in [-0.39, 0.29) is 0 Å². The highest BCUT2D eigenvalue weighted by molar-refractivity contribution is 6.28. The average Bonchev–Trinajstić information content (AvgIpc) is 2.67. The monoisotopic (exact) mass is 254 g/mol. The summed E-state index contributed by atoms with van der Waals surface area (Å²) in [5.74, 6) is 1.66. The number of anilines is 1. The minimum absolute atomic E-state index is 0.320. The zero-order valence-electron chi connectivity index (χ0n) is 10.6. The maximum Gasteiger partial charge on any atom is 0.224 e. The van der Waals surface area contributed by atoms with Gasteiger partial charge in [0.15, 0.2) is 0 Å². The molecule has 17 heavy (non-hydrogen) atoms. The van der Waals surface area contributed by atoms with Gasteiger partial charge in [-0.05, 0) is 44.5 Å². The van der Waals surface area contributed by atoms with Crippen LogP contribution in [0.5, 0.6) is 0 Å². The van der Waals surface area contributed by atoms with Gasteiger partial charge in [-0.25, -0.2) is 9.97 Å². The van der Waals surface area contributed by atoms with Gasteiger partial charge in [-0.2, -0.15) is 0 Å². The Morgan fingerprint density at radius 2 is 2.35 bits per heavy atom. The lowest BCUT2D eigenvalue weighted by Gasteiger charge is -2.23. The lowest BCUT2D eigenvalue weighted by molar-refractivity contribution is 0.395. The standard InChI is InChI=1S/C12H19ClN4/c1-9-6-14-12(13)15-11(9)17(3)8-10-4-5-16(2)7-10/h6,10H,4-5,7-8H2,1-3H3. The van der Waals surface area contributed by atoms with Crippen LogP contribution in [-0.2, 0) is 0 Å². The molecule has 0 spiro atoms. The van der Waals surface area contributed by atoms with Crippen LogP contribution in [0.25, 0.3) is 0 Å². The van der Waals surface area contributed by atoms with E-state index in [0.717, 1.165) is 23.8 Å². The Hall–Kier alpha value is -0.870. The Kier molecular flexibility index (Phi) is 3.84. The lowest BCUT2D eigenvalue weighted by atomic mass is 10.1. The molecule has 1 saturated heterocycles. The first-order chi connectivity index (χ1) is 8.06. The van der Waals surface area contributed by atoms with E-state index < -0.39 is 0 Å². The molecule has 94 valence electrons. The second-order valence-electron chi connectivity index (χ2n) is 4.94. The molecule has 0 bridgehead atoms. The van der Waals surface area contributed by atoms with Gasteiger partial charge >= 0.3 is 0 Å². The van der Waals surface area contributed by atoms with Crippen LogP contribution in [0.2, 0.25) is 5.28 Å². The van der Waals surface area contributed by atoms with Crippen molar-refractivity contribution in [1.82, 2.24) is 14.9 Å². The summed E-state index contributed by atoms with van der Waals surface area (Å²) in [5.41, 5.74) is 1.07.